The molecular formula is C23H20O7. The van der Waals surface area contributed by atoms with Crippen LogP contribution < -0.4 is 19.8 Å². The molecule has 0 bridgehead atoms. The number of aryl methyl sites for hydroxylation is 1. The van der Waals surface area contributed by atoms with Crippen LogP contribution in [-0.2, 0) is 9.53 Å². The first-order chi connectivity index (χ1) is 14.6. The van der Waals surface area contributed by atoms with Crippen molar-refractivity contribution in [3.63, 3.8) is 0 Å². The van der Waals surface area contributed by atoms with Crippen molar-refractivity contribution in [3.8, 4) is 28.4 Å². The second-order valence-electron chi connectivity index (χ2n) is 6.67. The fourth-order valence-corrected chi connectivity index (χ4v) is 3.29. The minimum absolute atomic E-state index is 0.128. The van der Waals surface area contributed by atoms with E-state index in [0.717, 1.165) is 5.56 Å². The molecular weight excluding hydrogens is 388 g/mol. The Kier molecular flexibility index (Phi) is 5.43. The number of hydrogen-bond acceptors (Lipinski definition) is 7. The van der Waals surface area contributed by atoms with Gasteiger partial charge in [-0.2, -0.15) is 0 Å². The van der Waals surface area contributed by atoms with Crippen LogP contribution in [0.4, 0.5) is 0 Å². The van der Waals surface area contributed by atoms with Crippen LogP contribution in [0.2, 0.25) is 0 Å². The maximum Gasteiger partial charge on any atom is 0.344 e. The maximum absolute atomic E-state index is 12.7. The van der Waals surface area contributed by atoms with Crippen LogP contribution in [0.25, 0.3) is 22.1 Å². The quantitative estimate of drug-likeness (QED) is 0.350. The van der Waals surface area contributed by atoms with E-state index < -0.39 is 11.6 Å². The number of esters is 1. The lowest BCUT2D eigenvalue weighted by molar-refractivity contribution is -0.144. The summed E-state index contributed by atoms with van der Waals surface area (Å²) in [6.07, 6.45) is 1.48. The van der Waals surface area contributed by atoms with Crippen molar-refractivity contribution in [1.29, 1.82) is 0 Å². The van der Waals surface area contributed by atoms with E-state index >= 15 is 0 Å². The Bertz CT molecular complexity index is 1180. The Balaban J connectivity index is 1.68. The number of carbonyl (C=O) groups excluding carboxylic acids is 1. The molecule has 154 valence electrons. The molecule has 0 saturated heterocycles. The molecule has 0 radical (unpaired) electrons. The Morgan fingerprint density at radius 1 is 1.13 bits per heavy atom. The molecule has 0 N–H and O–H groups in total. The molecule has 0 saturated carbocycles. The van der Waals surface area contributed by atoms with Crippen molar-refractivity contribution < 1.29 is 28.2 Å². The minimum atomic E-state index is -0.497. The average molecular weight is 408 g/mol. The van der Waals surface area contributed by atoms with Crippen LogP contribution in [0.1, 0.15) is 5.56 Å². The molecule has 1 aromatic heterocycles. The highest BCUT2D eigenvalue weighted by Crippen LogP contribution is 2.36. The average Bonchev–Trinajstić information content (AvgIpc) is 2.76. The molecule has 4 rings (SSSR count). The number of hydrogen-bond donors (Lipinski definition) is 0. The molecule has 1 aliphatic rings. The number of carbonyl (C=O) groups is 1. The van der Waals surface area contributed by atoms with Gasteiger partial charge in [0.05, 0.1) is 5.56 Å². The van der Waals surface area contributed by atoms with Crippen molar-refractivity contribution in [2.45, 2.75) is 6.92 Å². The summed E-state index contributed by atoms with van der Waals surface area (Å²) in [5, 5.41) is 0.705. The van der Waals surface area contributed by atoms with Gasteiger partial charge in [-0.1, -0.05) is 18.7 Å². The Labute approximate surface area is 172 Å². The standard InChI is InChI=1S/C23H20O7/c1-3-8-28-21(24)13-29-16-5-7-18-17(12-16)14(2)22(23(25)30-18)15-4-6-19-20(11-15)27-10-9-26-19/h3-7,11-12H,1,8-10,13H2,2H3. The summed E-state index contributed by atoms with van der Waals surface area (Å²) in [5.74, 6) is 1.20. The topological polar surface area (TPSA) is 84.2 Å². The van der Waals surface area contributed by atoms with Crippen LogP contribution in [0.3, 0.4) is 0 Å². The lowest BCUT2D eigenvalue weighted by atomic mass is 9.99. The summed E-state index contributed by atoms with van der Waals surface area (Å²) >= 11 is 0. The first kappa shape index (κ1) is 19.6. The van der Waals surface area contributed by atoms with Crippen molar-refractivity contribution in [3.05, 3.63) is 65.0 Å². The zero-order chi connectivity index (χ0) is 21.1. The fourth-order valence-electron chi connectivity index (χ4n) is 3.29. The normalized spacial score (nSPS) is 12.4. The van der Waals surface area contributed by atoms with Gasteiger partial charge in [-0.05, 0) is 48.4 Å². The van der Waals surface area contributed by atoms with Gasteiger partial charge in [-0.15, -0.1) is 0 Å². The fraction of sp³-hybridized carbons (Fsp3) is 0.217. The molecule has 0 spiro atoms. The molecule has 0 amide bonds. The monoisotopic (exact) mass is 408 g/mol. The van der Waals surface area contributed by atoms with Gasteiger partial charge in [-0.3, -0.25) is 0 Å². The molecule has 3 aromatic rings. The number of rotatable bonds is 6. The van der Waals surface area contributed by atoms with Gasteiger partial charge >= 0.3 is 11.6 Å². The molecule has 0 aliphatic carbocycles. The van der Waals surface area contributed by atoms with E-state index in [2.05, 4.69) is 6.58 Å². The molecule has 2 heterocycles. The predicted molar refractivity (Wildman–Crippen MR) is 110 cm³/mol. The first-order valence-corrected chi connectivity index (χ1v) is 9.43. The van der Waals surface area contributed by atoms with E-state index in [4.69, 9.17) is 23.4 Å². The summed E-state index contributed by atoms with van der Waals surface area (Å²) in [5.41, 5.74) is 1.82. The summed E-state index contributed by atoms with van der Waals surface area (Å²) < 4.78 is 27.1. The SMILES string of the molecule is C=CCOC(=O)COc1ccc2oc(=O)c(-c3ccc4c(c3)OCCO4)c(C)c2c1. The third-order valence-corrected chi connectivity index (χ3v) is 4.69. The van der Waals surface area contributed by atoms with Crippen LogP contribution in [0, 0.1) is 6.92 Å². The molecule has 0 atom stereocenters. The minimum Gasteiger partial charge on any atom is -0.486 e. The lowest BCUT2D eigenvalue weighted by Gasteiger charge is -2.19. The molecule has 30 heavy (non-hydrogen) atoms. The summed E-state index contributed by atoms with van der Waals surface area (Å²) in [4.78, 5) is 24.3. The van der Waals surface area contributed by atoms with Gasteiger partial charge in [0.15, 0.2) is 18.1 Å². The van der Waals surface area contributed by atoms with Crippen molar-refractivity contribution >= 4 is 16.9 Å². The summed E-state index contributed by atoms with van der Waals surface area (Å²) in [6, 6.07) is 10.4. The third-order valence-electron chi connectivity index (χ3n) is 4.69. The Hall–Kier alpha value is -3.74. The van der Waals surface area contributed by atoms with Crippen molar-refractivity contribution in [2.75, 3.05) is 26.4 Å². The van der Waals surface area contributed by atoms with Crippen LogP contribution in [0.15, 0.2) is 58.3 Å². The highest BCUT2D eigenvalue weighted by atomic mass is 16.6. The van der Waals surface area contributed by atoms with Gasteiger partial charge in [0, 0.05) is 5.39 Å². The zero-order valence-corrected chi connectivity index (χ0v) is 16.4. The van der Waals surface area contributed by atoms with Gasteiger partial charge < -0.3 is 23.4 Å². The van der Waals surface area contributed by atoms with Crippen molar-refractivity contribution in [2.24, 2.45) is 0 Å². The van der Waals surface area contributed by atoms with Gasteiger partial charge in [0.25, 0.3) is 0 Å². The second kappa shape index (κ2) is 8.32. The summed E-state index contributed by atoms with van der Waals surface area (Å²) in [6.45, 7) is 6.18. The molecule has 2 aromatic carbocycles. The highest BCUT2D eigenvalue weighted by Gasteiger charge is 2.18. The number of ether oxygens (including phenoxy) is 4. The number of benzene rings is 2. The largest absolute Gasteiger partial charge is 0.486 e. The third kappa shape index (κ3) is 3.87. The van der Waals surface area contributed by atoms with Crippen LogP contribution in [-0.4, -0.2) is 32.4 Å². The van der Waals surface area contributed by atoms with Crippen LogP contribution in [0.5, 0.6) is 17.2 Å². The van der Waals surface area contributed by atoms with Crippen LogP contribution >= 0.6 is 0 Å². The summed E-state index contributed by atoms with van der Waals surface area (Å²) in [7, 11) is 0. The smallest absolute Gasteiger partial charge is 0.344 e. The van der Waals surface area contributed by atoms with E-state index in [-0.39, 0.29) is 13.2 Å². The van der Waals surface area contributed by atoms with E-state index in [1.165, 1.54) is 6.08 Å². The Morgan fingerprint density at radius 3 is 2.73 bits per heavy atom. The second-order valence-corrected chi connectivity index (χ2v) is 6.67. The van der Waals surface area contributed by atoms with Gasteiger partial charge in [0.2, 0.25) is 0 Å². The van der Waals surface area contributed by atoms with E-state index in [9.17, 15) is 9.59 Å². The van der Waals surface area contributed by atoms with Gasteiger partial charge in [0.1, 0.15) is 31.2 Å². The van der Waals surface area contributed by atoms with E-state index in [0.29, 0.717) is 52.6 Å². The zero-order valence-electron chi connectivity index (χ0n) is 16.4. The maximum atomic E-state index is 12.7. The van der Waals surface area contributed by atoms with E-state index in [1.807, 2.05) is 6.92 Å². The number of fused-ring (bicyclic) bond motifs is 2. The Morgan fingerprint density at radius 2 is 1.93 bits per heavy atom. The first-order valence-electron chi connectivity index (χ1n) is 9.43. The highest BCUT2D eigenvalue weighted by molar-refractivity contribution is 5.88. The van der Waals surface area contributed by atoms with Crippen molar-refractivity contribution in [1.82, 2.24) is 0 Å². The molecule has 0 fully saturated rings. The lowest BCUT2D eigenvalue weighted by Crippen LogP contribution is -2.15. The molecule has 7 heteroatoms. The molecule has 7 nitrogen and oxygen atoms in total. The van der Waals surface area contributed by atoms with E-state index in [1.54, 1.807) is 36.4 Å². The van der Waals surface area contributed by atoms with Gasteiger partial charge in [-0.25, -0.2) is 9.59 Å². The molecule has 0 unspecified atom stereocenters. The predicted octanol–water partition coefficient (Wildman–Crippen LogP) is 3.65. The molecule has 1 aliphatic heterocycles.